The minimum absolute atomic E-state index is 0.0253. The van der Waals surface area contributed by atoms with Crippen molar-refractivity contribution in [1.29, 1.82) is 0 Å². The maximum absolute atomic E-state index is 12.4. The van der Waals surface area contributed by atoms with Gasteiger partial charge in [0.05, 0.1) is 4.92 Å². The third-order valence-corrected chi connectivity index (χ3v) is 4.93. The molecule has 0 unspecified atom stereocenters. The molecule has 27 heavy (non-hydrogen) atoms. The summed E-state index contributed by atoms with van der Waals surface area (Å²) in [5.41, 5.74) is 3.05. The number of nitrogens with one attached hydrogen (secondary N) is 1. The van der Waals surface area contributed by atoms with Gasteiger partial charge in [0, 0.05) is 37.8 Å². The summed E-state index contributed by atoms with van der Waals surface area (Å²) in [6, 6.07) is 9.63. The molecule has 2 aromatic rings. The lowest BCUT2D eigenvalue weighted by atomic mass is 9.95. The topological polar surface area (TPSA) is 88.4 Å². The van der Waals surface area contributed by atoms with Gasteiger partial charge in [-0.05, 0) is 37.8 Å². The van der Waals surface area contributed by atoms with Crippen LogP contribution in [0.25, 0.3) is 0 Å². The number of hydrogen-bond donors (Lipinski definition) is 1. The van der Waals surface area contributed by atoms with Crippen LogP contribution in [-0.4, -0.2) is 28.9 Å². The van der Waals surface area contributed by atoms with Crippen molar-refractivity contribution in [3.63, 3.8) is 0 Å². The Hall–Kier alpha value is -2.96. The number of anilines is 1. The predicted octanol–water partition coefficient (Wildman–Crippen LogP) is 3.14. The number of hydrogen-bond acceptors (Lipinski definition) is 5. The summed E-state index contributed by atoms with van der Waals surface area (Å²) < 4.78 is 0. The molecule has 1 aromatic heterocycles. The lowest BCUT2D eigenvalue weighted by Crippen LogP contribution is -2.40. The minimum atomic E-state index is -0.393. The summed E-state index contributed by atoms with van der Waals surface area (Å²) in [5.74, 6) is 0.363. The fourth-order valence-corrected chi connectivity index (χ4v) is 3.32. The van der Waals surface area contributed by atoms with Crippen LogP contribution >= 0.6 is 0 Å². The normalized spacial score (nSPS) is 14.8. The number of nitrogens with zero attached hydrogens (tertiary/aromatic N) is 3. The fraction of sp³-hybridized carbons (Fsp3) is 0.400. The number of nitro groups is 1. The quantitative estimate of drug-likeness (QED) is 0.647. The van der Waals surface area contributed by atoms with E-state index in [2.05, 4.69) is 10.3 Å². The van der Waals surface area contributed by atoms with Gasteiger partial charge >= 0.3 is 5.69 Å². The van der Waals surface area contributed by atoms with Crippen LogP contribution in [0.15, 0.2) is 36.5 Å². The van der Waals surface area contributed by atoms with E-state index in [0.717, 1.165) is 11.1 Å². The molecule has 1 aliphatic heterocycles. The average molecular weight is 368 g/mol. The van der Waals surface area contributed by atoms with E-state index >= 15 is 0 Å². The maximum Gasteiger partial charge on any atom is 0.311 e. The van der Waals surface area contributed by atoms with E-state index in [1.807, 2.05) is 36.1 Å². The third kappa shape index (κ3) is 4.61. The molecule has 0 atom stereocenters. The highest BCUT2D eigenvalue weighted by atomic mass is 16.6. The zero-order valence-electron chi connectivity index (χ0n) is 15.6. The fourth-order valence-electron chi connectivity index (χ4n) is 3.32. The second kappa shape index (κ2) is 8.16. The molecule has 3 rings (SSSR count). The summed E-state index contributed by atoms with van der Waals surface area (Å²) >= 11 is 0. The van der Waals surface area contributed by atoms with Gasteiger partial charge in [0.25, 0.3) is 0 Å². The Morgan fingerprint density at radius 1 is 1.22 bits per heavy atom. The Bertz CT molecular complexity index is 828. The van der Waals surface area contributed by atoms with E-state index in [-0.39, 0.29) is 17.5 Å². The third-order valence-electron chi connectivity index (χ3n) is 4.93. The highest BCUT2D eigenvalue weighted by Crippen LogP contribution is 2.30. The summed E-state index contributed by atoms with van der Waals surface area (Å²) in [4.78, 5) is 29.5. The molecule has 1 fully saturated rings. The highest BCUT2D eigenvalue weighted by Gasteiger charge is 2.29. The SMILES string of the molecule is Cc1ccc(CNC(=O)C2CCN(c3ncc(C)cc3[N+](=O)[O-])CC2)cc1. The zero-order chi connectivity index (χ0) is 19.4. The molecule has 1 aromatic carbocycles. The molecule has 1 amide bonds. The first kappa shape index (κ1) is 18.8. The highest BCUT2D eigenvalue weighted by molar-refractivity contribution is 5.79. The van der Waals surface area contributed by atoms with Gasteiger partial charge in [0.15, 0.2) is 0 Å². The van der Waals surface area contributed by atoms with Crippen LogP contribution in [0.5, 0.6) is 0 Å². The molecule has 1 saturated heterocycles. The number of amides is 1. The van der Waals surface area contributed by atoms with E-state index in [4.69, 9.17) is 0 Å². The van der Waals surface area contributed by atoms with E-state index in [9.17, 15) is 14.9 Å². The number of rotatable bonds is 5. The Morgan fingerprint density at radius 3 is 2.52 bits per heavy atom. The van der Waals surface area contributed by atoms with Gasteiger partial charge in [-0.15, -0.1) is 0 Å². The monoisotopic (exact) mass is 368 g/mol. The number of aromatic nitrogens is 1. The molecule has 142 valence electrons. The minimum Gasteiger partial charge on any atom is -0.352 e. The summed E-state index contributed by atoms with van der Waals surface area (Å²) in [6.07, 6.45) is 2.96. The van der Waals surface area contributed by atoms with Gasteiger partial charge in [-0.1, -0.05) is 29.8 Å². The number of carbonyl (C=O) groups excluding carboxylic acids is 1. The van der Waals surface area contributed by atoms with Gasteiger partial charge < -0.3 is 10.2 Å². The van der Waals surface area contributed by atoms with Crippen molar-refractivity contribution in [2.24, 2.45) is 5.92 Å². The van der Waals surface area contributed by atoms with Gasteiger partial charge in [-0.3, -0.25) is 14.9 Å². The first-order valence-electron chi connectivity index (χ1n) is 9.13. The van der Waals surface area contributed by atoms with Crippen molar-refractivity contribution >= 4 is 17.4 Å². The van der Waals surface area contributed by atoms with Crippen molar-refractivity contribution in [2.75, 3.05) is 18.0 Å². The molecule has 0 bridgehead atoms. The Morgan fingerprint density at radius 2 is 1.89 bits per heavy atom. The lowest BCUT2D eigenvalue weighted by Gasteiger charge is -2.31. The Balaban J connectivity index is 1.56. The molecule has 1 N–H and O–H groups in total. The zero-order valence-corrected chi connectivity index (χ0v) is 15.6. The van der Waals surface area contributed by atoms with E-state index in [0.29, 0.717) is 38.3 Å². The number of piperidine rings is 1. The Labute approximate surface area is 158 Å². The number of aryl methyl sites for hydroxylation is 2. The molecular formula is C20H24N4O3. The first-order valence-corrected chi connectivity index (χ1v) is 9.13. The van der Waals surface area contributed by atoms with Crippen LogP contribution in [0, 0.1) is 29.9 Å². The molecule has 0 aliphatic carbocycles. The molecule has 7 nitrogen and oxygen atoms in total. The predicted molar refractivity (Wildman–Crippen MR) is 104 cm³/mol. The van der Waals surface area contributed by atoms with Gasteiger partial charge in [-0.2, -0.15) is 0 Å². The summed E-state index contributed by atoms with van der Waals surface area (Å²) in [6.45, 7) is 5.50. The van der Waals surface area contributed by atoms with E-state index in [1.165, 1.54) is 5.56 Å². The average Bonchev–Trinajstić information content (AvgIpc) is 2.67. The van der Waals surface area contributed by atoms with Crippen molar-refractivity contribution in [3.8, 4) is 0 Å². The van der Waals surface area contributed by atoms with Crippen molar-refractivity contribution in [1.82, 2.24) is 10.3 Å². The number of pyridine rings is 1. The molecule has 0 saturated carbocycles. The molecule has 0 spiro atoms. The second-order valence-electron chi connectivity index (χ2n) is 7.08. The Kier molecular flexibility index (Phi) is 5.69. The smallest absolute Gasteiger partial charge is 0.311 e. The van der Waals surface area contributed by atoms with Gasteiger partial charge in [-0.25, -0.2) is 4.98 Å². The van der Waals surface area contributed by atoms with Crippen molar-refractivity contribution in [3.05, 3.63) is 63.3 Å². The van der Waals surface area contributed by atoms with Crippen LogP contribution in [0.4, 0.5) is 11.5 Å². The van der Waals surface area contributed by atoms with Crippen LogP contribution in [0.3, 0.4) is 0 Å². The lowest BCUT2D eigenvalue weighted by molar-refractivity contribution is -0.384. The summed E-state index contributed by atoms with van der Waals surface area (Å²) in [7, 11) is 0. The molecule has 0 radical (unpaired) electrons. The number of carbonyl (C=O) groups is 1. The molecule has 2 heterocycles. The van der Waals surface area contributed by atoms with Crippen molar-refractivity contribution < 1.29 is 9.72 Å². The standard InChI is InChI=1S/C20H24N4O3/c1-14-3-5-16(6-4-14)13-22-20(25)17-7-9-23(10-8-17)19-18(24(26)27)11-15(2)12-21-19/h3-6,11-12,17H,7-10,13H2,1-2H3,(H,22,25). The van der Waals surface area contributed by atoms with E-state index in [1.54, 1.807) is 19.2 Å². The maximum atomic E-state index is 12.4. The molecular weight excluding hydrogens is 344 g/mol. The largest absolute Gasteiger partial charge is 0.352 e. The van der Waals surface area contributed by atoms with Crippen LogP contribution in [0.1, 0.15) is 29.5 Å². The summed E-state index contributed by atoms with van der Waals surface area (Å²) in [5, 5.41) is 14.3. The van der Waals surface area contributed by atoms with Gasteiger partial charge in [0.2, 0.25) is 11.7 Å². The second-order valence-corrected chi connectivity index (χ2v) is 7.08. The van der Waals surface area contributed by atoms with Crippen LogP contribution < -0.4 is 10.2 Å². The van der Waals surface area contributed by atoms with Crippen LogP contribution in [-0.2, 0) is 11.3 Å². The molecule has 7 heteroatoms. The van der Waals surface area contributed by atoms with Gasteiger partial charge in [0.1, 0.15) is 0 Å². The first-order chi connectivity index (χ1) is 12.9. The van der Waals surface area contributed by atoms with Crippen molar-refractivity contribution in [2.45, 2.75) is 33.2 Å². The van der Waals surface area contributed by atoms with Crippen LogP contribution in [0.2, 0.25) is 0 Å². The molecule has 1 aliphatic rings. The number of benzene rings is 1. The van der Waals surface area contributed by atoms with E-state index < -0.39 is 4.92 Å².